The zero-order chi connectivity index (χ0) is 15.1. The Labute approximate surface area is 125 Å². The number of rotatable bonds is 5. The third kappa shape index (κ3) is 5.19. The number of carbonyl (C=O) groups is 2. The highest BCUT2D eigenvalue weighted by Crippen LogP contribution is 2.13. The number of aryl methyl sites for hydroxylation is 1. The van der Waals surface area contributed by atoms with Crippen molar-refractivity contribution in [1.82, 2.24) is 10.6 Å². The van der Waals surface area contributed by atoms with Gasteiger partial charge in [0, 0.05) is 5.92 Å². The Morgan fingerprint density at radius 3 is 2.81 bits per heavy atom. The summed E-state index contributed by atoms with van der Waals surface area (Å²) >= 11 is 0. The monoisotopic (exact) mass is 290 g/mol. The molecule has 1 saturated heterocycles. The maximum atomic E-state index is 11.9. The number of amides is 2. The quantitative estimate of drug-likeness (QED) is 0.860. The number of ether oxygens (including phenoxy) is 1. The van der Waals surface area contributed by atoms with Crippen LogP contribution in [0.1, 0.15) is 24.8 Å². The maximum absolute atomic E-state index is 11.9. The van der Waals surface area contributed by atoms with Crippen molar-refractivity contribution < 1.29 is 14.3 Å². The first-order valence-corrected chi connectivity index (χ1v) is 7.39. The van der Waals surface area contributed by atoms with Gasteiger partial charge < -0.3 is 10.1 Å². The number of piperidine rings is 1. The Hall–Kier alpha value is -1.88. The number of hydrogen-bond donors (Lipinski definition) is 2. The lowest BCUT2D eigenvalue weighted by molar-refractivity contribution is -0.133. The van der Waals surface area contributed by atoms with Gasteiger partial charge in [-0.05, 0) is 50.6 Å². The largest absolute Gasteiger partial charge is 0.493 e. The number of nitrogens with one attached hydrogen (secondary N) is 2. The van der Waals surface area contributed by atoms with E-state index in [1.165, 1.54) is 0 Å². The molecule has 2 N–H and O–H groups in total. The van der Waals surface area contributed by atoms with E-state index in [0.29, 0.717) is 0 Å². The van der Waals surface area contributed by atoms with Gasteiger partial charge >= 0.3 is 0 Å². The fraction of sp³-hybridized carbons (Fsp3) is 0.500. The van der Waals surface area contributed by atoms with Crippen LogP contribution in [0, 0.1) is 12.8 Å². The summed E-state index contributed by atoms with van der Waals surface area (Å²) < 4.78 is 5.50. The van der Waals surface area contributed by atoms with E-state index in [4.69, 9.17) is 4.74 Å². The summed E-state index contributed by atoms with van der Waals surface area (Å²) in [6.07, 6.45) is 1.77. The van der Waals surface area contributed by atoms with E-state index in [9.17, 15) is 9.59 Å². The second kappa shape index (κ2) is 7.78. The molecule has 0 bridgehead atoms. The molecule has 0 aliphatic carbocycles. The van der Waals surface area contributed by atoms with Crippen LogP contribution in [-0.4, -0.2) is 31.5 Å². The van der Waals surface area contributed by atoms with E-state index in [0.717, 1.165) is 37.2 Å². The average Bonchev–Trinajstić information content (AvgIpc) is 2.48. The molecule has 0 aromatic heterocycles. The van der Waals surface area contributed by atoms with Crippen LogP contribution in [0.3, 0.4) is 0 Å². The van der Waals surface area contributed by atoms with E-state index in [2.05, 4.69) is 10.6 Å². The molecule has 0 radical (unpaired) electrons. The molecule has 0 saturated carbocycles. The Balaban J connectivity index is 1.68. The van der Waals surface area contributed by atoms with E-state index >= 15 is 0 Å². The second-order valence-corrected chi connectivity index (χ2v) is 5.35. The standard InChI is InChI=1S/C16H22N2O3/c1-12-3-2-4-14(11-12)21-10-7-15(19)18-16(20)13-5-8-17-9-6-13/h2-4,11,13,17H,5-10H2,1H3,(H,18,19,20). The summed E-state index contributed by atoms with van der Waals surface area (Å²) in [5.74, 6) is 0.267. The summed E-state index contributed by atoms with van der Waals surface area (Å²) in [6, 6.07) is 7.66. The lowest BCUT2D eigenvalue weighted by atomic mass is 9.97. The molecule has 0 unspecified atom stereocenters. The summed E-state index contributed by atoms with van der Waals surface area (Å²) in [6.45, 7) is 3.93. The van der Waals surface area contributed by atoms with Gasteiger partial charge in [-0.15, -0.1) is 0 Å². The molecule has 1 heterocycles. The molecule has 2 rings (SSSR count). The Morgan fingerprint density at radius 2 is 2.10 bits per heavy atom. The Kier molecular flexibility index (Phi) is 5.75. The third-order valence-electron chi connectivity index (χ3n) is 3.56. The number of benzene rings is 1. The molecule has 1 aromatic carbocycles. The SMILES string of the molecule is Cc1cccc(OCCC(=O)NC(=O)C2CCNCC2)c1. The zero-order valence-electron chi connectivity index (χ0n) is 12.4. The lowest BCUT2D eigenvalue weighted by Gasteiger charge is -2.21. The summed E-state index contributed by atoms with van der Waals surface area (Å²) in [4.78, 5) is 23.6. The first-order valence-electron chi connectivity index (χ1n) is 7.39. The second-order valence-electron chi connectivity index (χ2n) is 5.35. The third-order valence-corrected chi connectivity index (χ3v) is 3.56. The minimum atomic E-state index is -0.272. The van der Waals surface area contributed by atoms with Gasteiger partial charge in [0.2, 0.25) is 11.8 Å². The molecule has 21 heavy (non-hydrogen) atoms. The van der Waals surface area contributed by atoms with Gasteiger partial charge in [0.1, 0.15) is 5.75 Å². The molecule has 1 aliphatic heterocycles. The molecular weight excluding hydrogens is 268 g/mol. The van der Waals surface area contributed by atoms with Crippen molar-refractivity contribution in [3.05, 3.63) is 29.8 Å². The van der Waals surface area contributed by atoms with Gasteiger partial charge in [0.15, 0.2) is 0 Å². The molecule has 1 fully saturated rings. The lowest BCUT2D eigenvalue weighted by Crippen LogP contribution is -2.41. The van der Waals surface area contributed by atoms with Crippen molar-refractivity contribution in [2.24, 2.45) is 5.92 Å². The van der Waals surface area contributed by atoms with Crippen molar-refractivity contribution in [1.29, 1.82) is 0 Å². The van der Waals surface area contributed by atoms with Crippen LogP contribution in [-0.2, 0) is 9.59 Å². The van der Waals surface area contributed by atoms with Crippen molar-refractivity contribution in [3.63, 3.8) is 0 Å². The van der Waals surface area contributed by atoms with Gasteiger partial charge in [0.05, 0.1) is 13.0 Å². The fourth-order valence-corrected chi connectivity index (χ4v) is 2.35. The molecular formula is C16H22N2O3. The average molecular weight is 290 g/mol. The Morgan fingerprint density at radius 1 is 1.33 bits per heavy atom. The number of imide groups is 1. The number of carbonyl (C=O) groups excluding carboxylic acids is 2. The summed E-state index contributed by atoms with van der Waals surface area (Å²) in [5.41, 5.74) is 1.11. The van der Waals surface area contributed by atoms with Crippen LogP contribution < -0.4 is 15.4 Å². The van der Waals surface area contributed by atoms with Crippen molar-refractivity contribution in [2.45, 2.75) is 26.2 Å². The van der Waals surface area contributed by atoms with Crippen LogP contribution in [0.5, 0.6) is 5.75 Å². The van der Waals surface area contributed by atoms with Crippen LogP contribution in [0.25, 0.3) is 0 Å². The molecule has 114 valence electrons. The summed E-state index contributed by atoms with van der Waals surface area (Å²) in [5, 5.41) is 5.66. The molecule has 5 nitrogen and oxygen atoms in total. The van der Waals surface area contributed by atoms with Gasteiger partial charge in [-0.1, -0.05) is 12.1 Å². The predicted octanol–water partition coefficient (Wildman–Crippen LogP) is 1.41. The predicted molar refractivity (Wildman–Crippen MR) is 80.0 cm³/mol. The smallest absolute Gasteiger partial charge is 0.229 e. The van der Waals surface area contributed by atoms with Gasteiger partial charge in [-0.2, -0.15) is 0 Å². The minimum Gasteiger partial charge on any atom is -0.493 e. The van der Waals surface area contributed by atoms with E-state index < -0.39 is 0 Å². The summed E-state index contributed by atoms with van der Waals surface area (Å²) in [7, 11) is 0. The van der Waals surface area contributed by atoms with Gasteiger partial charge in [-0.25, -0.2) is 0 Å². The molecule has 0 spiro atoms. The highest BCUT2D eigenvalue weighted by atomic mass is 16.5. The first-order chi connectivity index (χ1) is 10.1. The van der Waals surface area contributed by atoms with E-state index in [1.54, 1.807) is 0 Å². The van der Waals surface area contributed by atoms with E-state index in [1.807, 2.05) is 31.2 Å². The van der Waals surface area contributed by atoms with Crippen molar-refractivity contribution >= 4 is 11.8 Å². The topological polar surface area (TPSA) is 67.4 Å². The molecule has 0 atom stereocenters. The normalized spacial score (nSPS) is 15.5. The van der Waals surface area contributed by atoms with Gasteiger partial charge in [-0.3, -0.25) is 14.9 Å². The number of hydrogen-bond acceptors (Lipinski definition) is 4. The highest BCUT2D eigenvalue weighted by Gasteiger charge is 2.22. The van der Waals surface area contributed by atoms with E-state index in [-0.39, 0.29) is 30.8 Å². The first kappa shape index (κ1) is 15.5. The van der Waals surface area contributed by atoms with Crippen LogP contribution in [0.4, 0.5) is 0 Å². The van der Waals surface area contributed by atoms with Crippen molar-refractivity contribution in [2.75, 3.05) is 19.7 Å². The highest BCUT2D eigenvalue weighted by molar-refractivity contribution is 5.96. The minimum absolute atomic E-state index is 0.0482. The maximum Gasteiger partial charge on any atom is 0.229 e. The Bertz CT molecular complexity index is 496. The van der Waals surface area contributed by atoms with Crippen molar-refractivity contribution in [3.8, 4) is 5.75 Å². The van der Waals surface area contributed by atoms with Crippen LogP contribution in [0.15, 0.2) is 24.3 Å². The van der Waals surface area contributed by atoms with Crippen LogP contribution in [0.2, 0.25) is 0 Å². The molecule has 5 heteroatoms. The van der Waals surface area contributed by atoms with Gasteiger partial charge in [0.25, 0.3) is 0 Å². The molecule has 1 aromatic rings. The fourth-order valence-electron chi connectivity index (χ4n) is 2.35. The zero-order valence-corrected chi connectivity index (χ0v) is 12.4. The molecule has 2 amide bonds. The van der Waals surface area contributed by atoms with Crippen LogP contribution >= 0.6 is 0 Å². The molecule has 1 aliphatic rings.